The van der Waals surface area contributed by atoms with E-state index in [1.807, 2.05) is 38.9 Å². The fourth-order valence-electron chi connectivity index (χ4n) is 4.79. The fraction of sp³-hybridized carbons (Fsp3) is 0.367. The van der Waals surface area contributed by atoms with Gasteiger partial charge in [-0.2, -0.15) is 0 Å². The predicted molar refractivity (Wildman–Crippen MR) is 159 cm³/mol. The van der Waals surface area contributed by atoms with Crippen molar-refractivity contribution in [1.29, 1.82) is 0 Å². The van der Waals surface area contributed by atoms with Crippen LogP contribution >= 0.6 is 11.6 Å². The lowest BCUT2D eigenvalue weighted by Crippen LogP contribution is -2.36. The van der Waals surface area contributed by atoms with Crippen LogP contribution in [0.15, 0.2) is 51.7 Å². The van der Waals surface area contributed by atoms with Gasteiger partial charge >= 0.3 is 0 Å². The van der Waals surface area contributed by atoms with Gasteiger partial charge in [-0.1, -0.05) is 37.6 Å². The molecule has 0 atom stereocenters. The molecule has 41 heavy (non-hydrogen) atoms. The van der Waals surface area contributed by atoms with Gasteiger partial charge in [-0.05, 0) is 56.8 Å². The Morgan fingerprint density at radius 3 is 2.54 bits per heavy atom. The van der Waals surface area contributed by atoms with E-state index >= 15 is 0 Å². The number of halogens is 2. The molecule has 0 aliphatic heterocycles. The van der Waals surface area contributed by atoms with E-state index in [1.165, 1.54) is 16.8 Å². The molecule has 2 N–H and O–H groups in total. The Kier molecular flexibility index (Phi) is 8.74. The van der Waals surface area contributed by atoms with Gasteiger partial charge in [-0.3, -0.25) is 19.1 Å². The number of aromatic nitrogens is 2. The van der Waals surface area contributed by atoms with E-state index in [2.05, 4.69) is 10.6 Å². The summed E-state index contributed by atoms with van der Waals surface area (Å²) < 4.78 is 23.1. The van der Waals surface area contributed by atoms with Crippen LogP contribution < -0.4 is 16.2 Å². The number of para-hydroxylation sites is 1. The van der Waals surface area contributed by atoms with Gasteiger partial charge in [0, 0.05) is 43.4 Å². The van der Waals surface area contributed by atoms with Crippen LogP contribution in [-0.4, -0.2) is 53.3 Å². The van der Waals surface area contributed by atoms with Crippen molar-refractivity contribution in [2.24, 2.45) is 12.5 Å². The van der Waals surface area contributed by atoms with Gasteiger partial charge in [0.15, 0.2) is 0 Å². The summed E-state index contributed by atoms with van der Waals surface area (Å²) in [5, 5.41) is 6.80. The van der Waals surface area contributed by atoms with Crippen molar-refractivity contribution in [3.8, 4) is 5.69 Å². The Hall–Kier alpha value is -3.89. The van der Waals surface area contributed by atoms with Crippen LogP contribution in [0.3, 0.4) is 0 Å². The number of fused-ring (bicyclic) bond motifs is 1. The zero-order valence-corrected chi connectivity index (χ0v) is 24.9. The third kappa shape index (κ3) is 6.71. The number of hydrogen-bond donors (Lipinski definition) is 2. The fourth-order valence-corrected chi connectivity index (χ4v) is 5.02. The summed E-state index contributed by atoms with van der Waals surface area (Å²) in [6.45, 7) is 6.26. The van der Waals surface area contributed by atoms with Gasteiger partial charge < -0.3 is 20.0 Å². The van der Waals surface area contributed by atoms with E-state index in [1.54, 1.807) is 42.9 Å². The van der Waals surface area contributed by atoms with Crippen molar-refractivity contribution in [2.45, 2.75) is 33.6 Å². The monoisotopic (exact) mass is 583 g/mol. The Bertz CT molecular complexity index is 1670. The standard InChI is InChI=1S/C30H35ClFN5O4/c1-18-13-19-14-20(31)15-21(27(19)41-18)28(39)33-17-30(2,3)16-25(38)34-26-24(11-12-35(4)5)36(6)37(29(26)40)23-10-8-7-9-22(23)32/h7-10,13-15H,11-12,16-17H2,1-6H3,(H,33,39)(H,34,38). The second kappa shape index (κ2) is 11.9. The van der Waals surface area contributed by atoms with Crippen molar-refractivity contribution in [3.63, 3.8) is 0 Å². The van der Waals surface area contributed by atoms with Gasteiger partial charge in [0.25, 0.3) is 11.5 Å². The number of amides is 2. The zero-order valence-electron chi connectivity index (χ0n) is 24.1. The predicted octanol–water partition coefficient (Wildman–Crippen LogP) is 4.91. The number of carbonyl (C=O) groups is 2. The number of nitrogens with one attached hydrogen (secondary N) is 2. The molecule has 0 spiro atoms. The molecular formula is C30H35ClFN5O4. The molecule has 2 amide bonds. The first-order valence-electron chi connectivity index (χ1n) is 13.3. The van der Waals surface area contributed by atoms with Crippen LogP contribution in [0.4, 0.5) is 10.1 Å². The summed E-state index contributed by atoms with van der Waals surface area (Å²) in [5.41, 5.74) is 0.340. The highest BCUT2D eigenvalue weighted by Gasteiger charge is 2.27. The average Bonchev–Trinajstić information content (AvgIpc) is 3.36. The molecule has 4 aromatic rings. The highest BCUT2D eigenvalue weighted by Crippen LogP contribution is 2.28. The van der Waals surface area contributed by atoms with Gasteiger partial charge in [-0.15, -0.1) is 0 Å². The van der Waals surface area contributed by atoms with E-state index in [0.717, 1.165) is 5.39 Å². The zero-order chi connectivity index (χ0) is 30.1. The van der Waals surface area contributed by atoms with Crippen molar-refractivity contribution in [2.75, 3.05) is 32.5 Å². The molecule has 11 heteroatoms. The Balaban J connectivity index is 1.52. The van der Waals surface area contributed by atoms with Crippen LogP contribution in [0.5, 0.6) is 0 Å². The summed E-state index contributed by atoms with van der Waals surface area (Å²) >= 11 is 6.21. The summed E-state index contributed by atoms with van der Waals surface area (Å²) in [6, 6.07) is 11.1. The molecule has 0 saturated carbocycles. The minimum absolute atomic E-state index is 0.0131. The van der Waals surface area contributed by atoms with Crippen molar-refractivity contribution in [3.05, 3.63) is 80.7 Å². The Morgan fingerprint density at radius 1 is 1.15 bits per heavy atom. The average molecular weight is 584 g/mol. The molecule has 4 rings (SSSR count). The van der Waals surface area contributed by atoms with E-state index in [0.29, 0.717) is 40.6 Å². The molecule has 0 aliphatic carbocycles. The van der Waals surface area contributed by atoms with Gasteiger partial charge in [-0.25, -0.2) is 9.07 Å². The molecule has 9 nitrogen and oxygen atoms in total. The molecule has 2 aromatic heterocycles. The molecule has 2 heterocycles. The molecule has 0 fully saturated rings. The van der Waals surface area contributed by atoms with Crippen LogP contribution in [0.1, 0.15) is 42.1 Å². The van der Waals surface area contributed by atoms with Crippen LogP contribution in [-0.2, 0) is 18.3 Å². The minimum Gasteiger partial charge on any atom is -0.461 e. The number of anilines is 1. The highest BCUT2D eigenvalue weighted by atomic mass is 35.5. The SMILES string of the molecule is Cc1cc2cc(Cl)cc(C(=O)NCC(C)(C)CC(=O)Nc3c(CCN(C)C)n(C)n(-c4ccccc4F)c3=O)c2o1. The summed E-state index contributed by atoms with van der Waals surface area (Å²) in [4.78, 5) is 41.7. The quantitative estimate of drug-likeness (QED) is 0.276. The molecule has 0 bridgehead atoms. The smallest absolute Gasteiger partial charge is 0.295 e. The van der Waals surface area contributed by atoms with E-state index in [4.69, 9.17) is 16.0 Å². The number of benzene rings is 2. The van der Waals surface area contributed by atoms with Gasteiger partial charge in [0.2, 0.25) is 5.91 Å². The van der Waals surface area contributed by atoms with Crippen LogP contribution in [0.25, 0.3) is 16.7 Å². The maximum Gasteiger partial charge on any atom is 0.295 e. The molecule has 0 aliphatic rings. The van der Waals surface area contributed by atoms with Crippen molar-refractivity contribution in [1.82, 2.24) is 19.6 Å². The second-order valence-electron chi connectivity index (χ2n) is 11.3. The van der Waals surface area contributed by atoms with E-state index < -0.39 is 22.7 Å². The minimum atomic E-state index is -0.667. The molecular weight excluding hydrogens is 549 g/mol. The lowest BCUT2D eigenvalue weighted by Gasteiger charge is -2.24. The molecule has 218 valence electrons. The third-order valence-electron chi connectivity index (χ3n) is 6.84. The summed E-state index contributed by atoms with van der Waals surface area (Å²) in [6.07, 6.45) is 0.467. The van der Waals surface area contributed by atoms with Crippen molar-refractivity contribution < 1.29 is 18.4 Å². The lowest BCUT2D eigenvalue weighted by molar-refractivity contribution is -0.118. The van der Waals surface area contributed by atoms with Crippen LogP contribution in [0.2, 0.25) is 5.02 Å². The Labute approximate surface area is 242 Å². The number of nitrogens with zero attached hydrogens (tertiary/aromatic N) is 3. The maximum absolute atomic E-state index is 14.6. The summed E-state index contributed by atoms with van der Waals surface area (Å²) in [5.74, 6) is -0.660. The van der Waals surface area contributed by atoms with E-state index in [9.17, 15) is 18.8 Å². The third-order valence-corrected chi connectivity index (χ3v) is 7.06. The van der Waals surface area contributed by atoms with Gasteiger partial charge in [0.05, 0.1) is 11.3 Å². The lowest BCUT2D eigenvalue weighted by atomic mass is 9.88. The largest absolute Gasteiger partial charge is 0.461 e. The first-order chi connectivity index (χ1) is 19.3. The number of aryl methyl sites for hydroxylation is 1. The molecule has 0 radical (unpaired) electrons. The first-order valence-corrected chi connectivity index (χ1v) is 13.6. The number of rotatable bonds is 10. The second-order valence-corrected chi connectivity index (χ2v) is 11.7. The molecule has 0 saturated heterocycles. The van der Waals surface area contributed by atoms with E-state index in [-0.39, 0.29) is 30.2 Å². The normalized spacial score (nSPS) is 11.8. The number of likely N-dealkylation sites (N-methyl/N-ethyl adjacent to an activating group) is 1. The Morgan fingerprint density at radius 2 is 1.85 bits per heavy atom. The highest BCUT2D eigenvalue weighted by molar-refractivity contribution is 6.32. The number of hydrogen-bond acceptors (Lipinski definition) is 5. The first kappa shape index (κ1) is 30.1. The topological polar surface area (TPSA) is 102 Å². The molecule has 2 aromatic carbocycles. The number of carbonyl (C=O) groups excluding carboxylic acids is 2. The van der Waals surface area contributed by atoms with Gasteiger partial charge in [0.1, 0.15) is 28.5 Å². The molecule has 0 unspecified atom stereocenters. The van der Waals surface area contributed by atoms with Crippen molar-refractivity contribution >= 4 is 40.1 Å². The maximum atomic E-state index is 14.6. The number of furan rings is 1. The van der Waals surface area contributed by atoms with Crippen LogP contribution in [0, 0.1) is 18.2 Å². The summed E-state index contributed by atoms with van der Waals surface area (Å²) in [7, 11) is 5.48.